The van der Waals surface area contributed by atoms with Crippen LogP contribution in [0.15, 0.2) is 30.3 Å². The first-order valence-electron chi connectivity index (χ1n) is 29.8. The van der Waals surface area contributed by atoms with Crippen LogP contribution in [0.5, 0.6) is 5.75 Å². The molecule has 1 aromatic rings. The molecular formula is C60H117O3P. The molecule has 0 aliphatic heterocycles. The van der Waals surface area contributed by atoms with Gasteiger partial charge in [0.15, 0.2) is 0 Å². The fourth-order valence-corrected chi connectivity index (χ4v) is 12.3. The number of rotatable bonds is 55. The molecule has 1 aromatic carbocycles. The van der Waals surface area contributed by atoms with Gasteiger partial charge < -0.3 is 0 Å². The minimum atomic E-state index is -2.86. The Labute approximate surface area is 404 Å². The van der Waals surface area contributed by atoms with Crippen molar-refractivity contribution in [1.82, 2.24) is 0 Å². The molecule has 0 radical (unpaired) electrons. The van der Waals surface area contributed by atoms with Crippen LogP contribution in [-0.4, -0.2) is 19.4 Å². The average Bonchev–Trinajstić information content (AvgIpc) is 3.31. The first-order chi connectivity index (χ1) is 31.8. The van der Waals surface area contributed by atoms with Crippen LogP contribution in [0.3, 0.4) is 0 Å². The molecule has 0 atom stereocenters. The zero-order valence-electron chi connectivity index (χ0n) is 44.2. The van der Waals surface area contributed by atoms with Crippen molar-refractivity contribution in [3.63, 3.8) is 0 Å². The summed E-state index contributed by atoms with van der Waals surface area (Å²) in [6, 6.07) is 10.5. The maximum absolute atomic E-state index is 6.90. The number of unbranched alkanes of at least 4 members (excludes halogenated alkanes) is 45. The molecule has 0 spiro atoms. The molecule has 0 aromatic heterocycles. The Morgan fingerprint density at radius 1 is 0.266 bits per heavy atom. The van der Waals surface area contributed by atoms with Crippen molar-refractivity contribution in [3.8, 4) is 5.75 Å². The summed E-state index contributed by atoms with van der Waals surface area (Å²) in [5.41, 5.74) is 0. The van der Waals surface area contributed by atoms with E-state index in [0.29, 0.717) is 0 Å². The van der Waals surface area contributed by atoms with Crippen LogP contribution in [0.1, 0.15) is 329 Å². The maximum atomic E-state index is 6.90. The van der Waals surface area contributed by atoms with Crippen LogP contribution >= 0.6 is 7.94 Å². The quantitative estimate of drug-likeness (QED) is 0.0481. The summed E-state index contributed by atoms with van der Waals surface area (Å²) in [5, 5.41) is 0. The SMILES string of the molecule is CCCCCCCCCCCCCCCCCCO[PH](CCCCCCCCCCCCCCCCCC)(OCCCCCCCCCCCCCCCCCC)Oc1ccccc1. The second kappa shape index (κ2) is 51.8. The Morgan fingerprint density at radius 3 is 0.734 bits per heavy atom. The van der Waals surface area contributed by atoms with Gasteiger partial charge in [0.2, 0.25) is 0 Å². The molecule has 0 N–H and O–H groups in total. The predicted molar refractivity (Wildman–Crippen MR) is 291 cm³/mol. The van der Waals surface area contributed by atoms with Crippen LogP contribution in [0.2, 0.25) is 0 Å². The summed E-state index contributed by atoms with van der Waals surface area (Å²) in [4.78, 5) is 0. The third-order valence-corrected chi connectivity index (χ3v) is 16.8. The van der Waals surface area contributed by atoms with Gasteiger partial charge in [-0.3, -0.25) is 0 Å². The first-order valence-corrected chi connectivity index (χ1v) is 31.7. The molecule has 0 unspecified atom stereocenters. The summed E-state index contributed by atoms with van der Waals surface area (Å²) < 4.78 is 20.7. The van der Waals surface area contributed by atoms with Gasteiger partial charge in [-0.25, -0.2) is 0 Å². The molecule has 0 aliphatic carbocycles. The fourth-order valence-electron chi connectivity index (χ4n) is 9.61. The molecule has 0 amide bonds. The molecule has 1 rings (SSSR count). The molecule has 3 nitrogen and oxygen atoms in total. The van der Waals surface area contributed by atoms with Crippen molar-refractivity contribution in [2.24, 2.45) is 0 Å². The van der Waals surface area contributed by atoms with Gasteiger partial charge in [0.1, 0.15) is 0 Å². The summed E-state index contributed by atoms with van der Waals surface area (Å²) >= 11 is 0. The van der Waals surface area contributed by atoms with Crippen LogP contribution < -0.4 is 4.52 Å². The van der Waals surface area contributed by atoms with Crippen molar-refractivity contribution in [2.75, 3.05) is 19.4 Å². The molecule has 0 bridgehead atoms. The van der Waals surface area contributed by atoms with E-state index in [2.05, 4.69) is 51.1 Å². The summed E-state index contributed by atoms with van der Waals surface area (Å²) in [6.45, 7) is 8.48. The minimum absolute atomic E-state index is 0.773. The van der Waals surface area contributed by atoms with E-state index >= 15 is 0 Å². The Hall–Kier alpha value is -0.630. The second-order valence-corrected chi connectivity index (χ2v) is 23.1. The van der Waals surface area contributed by atoms with Crippen LogP contribution in [0.4, 0.5) is 0 Å². The molecule has 0 saturated carbocycles. The van der Waals surface area contributed by atoms with Crippen molar-refractivity contribution in [1.29, 1.82) is 0 Å². The molecule has 0 saturated heterocycles. The third kappa shape index (κ3) is 43.9. The molecule has 0 aliphatic rings. The van der Waals surface area contributed by atoms with Gasteiger partial charge in [0, 0.05) is 0 Å². The van der Waals surface area contributed by atoms with Gasteiger partial charge in [-0.05, 0) is 0 Å². The molecule has 4 heteroatoms. The third-order valence-electron chi connectivity index (χ3n) is 14.0. The molecule has 0 fully saturated rings. The molecule has 64 heavy (non-hydrogen) atoms. The van der Waals surface area contributed by atoms with Crippen molar-refractivity contribution in [3.05, 3.63) is 30.3 Å². The zero-order chi connectivity index (χ0) is 45.8. The van der Waals surface area contributed by atoms with Crippen molar-refractivity contribution in [2.45, 2.75) is 329 Å². The van der Waals surface area contributed by atoms with Gasteiger partial charge in [-0.2, -0.15) is 0 Å². The first kappa shape index (κ1) is 61.4. The zero-order valence-corrected chi connectivity index (χ0v) is 45.2. The fraction of sp³-hybridized carbons (Fsp3) is 0.900. The van der Waals surface area contributed by atoms with E-state index < -0.39 is 7.94 Å². The van der Waals surface area contributed by atoms with E-state index in [9.17, 15) is 0 Å². The molecule has 0 heterocycles. The molecular weight excluding hydrogens is 800 g/mol. The number of benzene rings is 1. The van der Waals surface area contributed by atoms with Crippen LogP contribution in [-0.2, 0) is 9.05 Å². The predicted octanol–water partition coefficient (Wildman–Crippen LogP) is 22.4. The second-order valence-electron chi connectivity index (χ2n) is 20.5. The van der Waals surface area contributed by atoms with Crippen LogP contribution in [0.25, 0.3) is 0 Å². The number of para-hydroxylation sites is 1. The van der Waals surface area contributed by atoms with E-state index in [-0.39, 0.29) is 0 Å². The summed E-state index contributed by atoms with van der Waals surface area (Å²) in [6.07, 6.45) is 67.7. The Bertz CT molecular complexity index is 948. The van der Waals surface area contributed by atoms with E-state index in [1.54, 1.807) is 0 Å². The summed E-state index contributed by atoms with van der Waals surface area (Å²) in [7, 11) is -2.86. The van der Waals surface area contributed by atoms with Gasteiger partial charge in [0.25, 0.3) is 0 Å². The summed E-state index contributed by atoms with van der Waals surface area (Å²) in [5.74, 6) is 0.921. The Balaban J connectivity index is 2.44. The molecule has 380 valence electrons. The standard InChI is InChI=1S/C60H117O3P/c1-4-7-10-13-16-19-22-25-28-31-34-37-40-43-46-52-57-61-64(63-60-55-50-49-51-56-60,59-54-48-45-42-39-36-33-30-27-24-21-18-15-12-9-6-3)62-58-53-47-44-41-38-35-32-29-26-23-20-17-14-11-8-5-2/h49-51,55-56,64H,4-48,52-54,57-59H2,1-3H3. The van der Waals surface area contributed by atoms with E-state index in [1.807, 2.05) is 0 Å². The Morgan fingerprint density at radius 2 is 0.484 bits per heavy atom. The van der Waals surface area contributed by atoms with Gasteiger partial charge in [0.05, 0.1) is 0 Å². The van der Waals surface area contributed by atoms with Crippen molar-refractivity contribution < 1.29 is 13.6 Å². The number of hydrogen-bond acceptors (Lipinski definition) is 3. The van der Waals surface area contributed by atoms with Gasteiger partial charge in [-0.1, -0.05) is 130 Å². The van der Waals surface area contributed by atoms with Gasteiger partial charge in [-0.15, -0.1) is 0 Å². The van der Waals surface area contributed by atoms with E-state index in [1.165, 1.54) is 289 Å². The van der Waals surface area contributed by atoms with Gasteiger partial charge >= 0.3 is 276 Å². The number of hydrogen-bond donors (Lipinski definition) is 0. The van der Waals surface area contributed by atoms with Crippen molar-refractivity contribution >= 4 is 7.94 Å². The normalized spacial score (nSPS) is 12.1. The Kier molecular flexibility index (Phi) is 49.6. The van der Waals surface area contributed by atoms with E-state index in [0.717, 1.165) is 44.4 Å². The van der Waals surface area contributed by atoms with Crippen LogP contribution in [0, 0.1) is 0 Å². The average molecular weight is 918 g/mol. The van der Waals surface area contributed by atoms with E-state index in [4.69, 9.17) is 13.6 Å². The monoisotopic (exact) mass is 917 g/mol. The topological polar surface area (TPSA) is 27.7 Å².